The van der Waals surface area contributed by atoms with Gasteiger partial charge in [0.15, 0.2) is 5.65 Å². The van der Waals surface area contributed by atoms with E-state index in [0.29, 0.717) is 41.2 Å². The van der Waals surface area contributed by atoms with Crippen molar-refractivity contribution in [2.75, 3.05) is 7.05 Å². The molecule has 0 aromatic carbocycles. The zero-order valence-corrected chi connectivity index (χ0v) is 16.6. The third-order valence-electron chi connectivity index (χ3n) is 5.84. The van der Waals surface area contributed by atoms with Crippen molar-refractivity contribution in [1.82, 2.24) is 25.6 Å². The van der Waals surface area contributed by atoms with Gasteiger partial charge in [-0.05, 0) is 18.8 Å². The lowest BCUT2D eigenvalue weighted by molar-refractivity contribution is 0.0943. The zero-order valence-electron chi connectivity index (χ0n) is 16.6. The molecule has 2 unspecified atom stereocenters. The van der Waals surface area contributed by atoms with Gasteiger partial charge in [-0.15, -0.1) is 0 Å². The molecular weight excluding hydrogens is 366 g/mol. The number of nitrogens with zero attached hydrogens (tertiary/aromatic N) is 3. The van der Waals surface area contributed by atoms with Crippen LogP contribution in [0.1, 0.15) is 42.7 Å². The highest BCUT2D eigenvalue weighted by Crippen LogP contribution is 2.35. The van der Waals surface area contributed by atoms with Crippen LogP contribution in [0.3, 0.4) is 0 Å². The predicted octanol–water partition coefficient (Wildman–Crippen LogP) is 2.43. The summed E-state index contributed by atoms with van der Waals surface area (Å²) < 4.78 is 0. The Bertz CT molecular complexity index is 1110. The fraction of sp³-hybridized carbons (Fsp3) is 0.381. The molecule has 2 heterocycles. The quantitative estimate of drug-likeness (QED) is 0.584. The standard InChI is InChI=1S/C21H23N7O/c1-11-4-5-13(17(24-3)12(11)2)16(23)15-9-26-19-18(27-15)14(8-25-19)20(29)28-21(10-22)6-7-21/h4-5,8-9,11-12,23-24H,6-7H2,1-3H3,(H,25,26)(H,28,29). The highest BCUT2D eigenvalue weighted by molar-refractivity contribution is 6.13. The lowest BCUT2D eigenvalue weighted by Gasteiger charge is -2.27. The smallest absolute Gasteiger partial charge is 0.256 e. The first-order chi connectivity index (χ1) is 13.9. The molecule has 1 amide bonds. The molecule has 8 nitrogen and oxygen atoms in total. The summed E-state index contributed by atoms with van der Waals surface area (Å²) in [5.41, 5.74) is 2.84. The fourth-order valence-corrected chi connectivity index (χ4v) is 3.59. The Kier molecular flexibility index (Phi) is 4.46. The number of allylic oxidation sites excluding steroid dienone is 4. The Morgan fingerprint density at radius 3 is 2.83 bits per heavy atom. The van der Waals surface area contributed by atoms with Gasteiger partial charge in [-0.25, -0.2) is 9.97 Å². The minimum absolute atomic E-state index is 0.252. The molecule has 0 bridgehead atoms. The Balaban J connectivity index is 1.70. The second kappa shape index (κ2) is 6.85. The molecule has 2 aliphatic carbocycles. The van der Waals surface area contributed by atoms with Crippen LogP contribution in [0, 0.1) is 28.6 Å². The number of carbonyl (C=O) groups is 1. The van der Waals surface area contributed by atoms with Crippen LogP contribution in [0.25, 0.3) is 11.2 Å². The molecule has 0 aliphatic heterocycles. The first kappa shape index (κ1) is 18.9. The van der Waals surface area contributed by atoms with Crippen molar-refractivity contribution in [3.63, 3.8) is 0 Å². The minimum atomic E-state index is -0.759. The van der Waals surface area contributed by atoms with Crippen molar-refractivity contribution < 1.29 is 4.79 Å². The van der Waals surface area contributed by atoms with Crippen molar-refractivity contribution in [3.8, 4) is 6.07 Å². The first-order valence-electron chi connectivity index (χ1n) is 9.66. The number of fused-ring (bicyclic) bond motifs is 1. The third-order valence-corrected chi connectivity index (χ3v) is 5.84. The van der Waals surface area contributed by atoms with Gasteiger partial charge in [-0.2, -0.15) is 5.26 Å². The number of aromatic amines is 1. The average molecular weight is 389 g/mol. The molecule has 4 rings (SSSR count). The number of rotatable bonds is 5. The van der Waals surface area contributed by atoms with Gasteiger partial charge < -0.3 is 15.6 Å². The Hall–Kier alpha value is -3.47. The number of hydrogen-bond acceptors (Lipinski definition) is 6. The monoisotopic (exact) mass is 389 g/mol. The molecule has 4 N–H and O–H groups in total. The number of aromatic nitrogens is 3. The summed E-state index contributed by atoms with van der Waals surface area (Å²) in [5, 5.41) is 23.9. The van der Waals surface area contributed by atoms with Crippen molar-refractivity contribution in [1.29, 1.82) is 10.7 Å². The number of amides is 1. The van der Waals surface area contributed by atoms with E-state index in [1.165, 1.54) is 6.20 Å². The van der Waals surface area contributed by atoms with Crippen molar-refractivity contribution in [2.24, 2.45) is 11.8 Å². The topological polar surface area (TPSA) is 130 Å². The molecule has 2 aromatic heterocycles. The van der Waals surface area contributed by atoms with E-state index >= 15 is 0 Å². The summed E-state index contributed by atoms with van der Waals surface area (Å²) in [4.78, 5) is 24.5. The van der Waals surface area contributed by atoms with Crippen LogP contribution in [0.4, 0.5) is 0 Å². The summed E-state index contributed by atoms with van der Waals surface area (Å²) in [7, 11) is 1.86. The van der Waals surface area contributed by atoms with Crippen molar-refractivity contribution in [3.05, 3.63) is 47.1 Å². The van der Waals surface area contributed by atoms with E-state index in [4.69, 9.17) is 5.41 Å². The molecule has 2 atom stereocenters. The van der Waals surface area contributed by atoms with E-state index in [1.54, 1.807) is 6.20 Å². The summed E-state index contributed by atoms with van der Waals surface area (Å²) >= 11 is 0. The molecule has 0 spiro atoms. The van der Waals surface area contributed by atoms with E-state index in [0.717, 1.165) is 11.3 Å². The molecule has 1 saturated carbocycles. The maximum absolute atomic E-state index is 12.7. The summed E-state index contributed by atoms with van der Waals surface area (Å²) in [6.07, 6.45) is 8.43. The Morgan fingerprint density at radius 1 is 1.41 bits per heavy atom. The largest absolute Gasteiger partial charge is 0.391 e. The summed E-state index contributed by atoms with van der Waals surface area (Å²) in [5.74, 6) is 0.271. The van der Waals surface area contributed by atoms with Crippen molar-refractivity contribution in [2.45, 2.75) is 32.2 Å². The SMILES string of the molecule is CNC1=C(C(=N)c2cnc3[nH]cc(C(=O)NC4(C#N)CC4)c3n2)C=CC(C)C1C. The van der Waals surface area contributed by atoms with E-state index in [2.05, 4.69) is 51.6 Å². The van der Waals surface area contributed by atoms with Crippen molar-refractivity contribution >= 4 is 22.8 Å². The van der Waals surface area contributed by atoms with Crippen LogP contribution in [-0.4, -0.2) is 39.2 Å². The molecule has 0 radical (unpaired) electrons. The third kappa shape index (κ3) is 3.18. The van der Waals surface area contributed by atoms with Gasteiger partial charge in [-0.1, -0.05) is 26.0 Å². The first-order valence-corrected chi connectivity index (χ1v) is 9.66. The lowest BCUT2D eigenvalue weighted by atomic mass is 9.83. The lowest BCUT2D eigenvalue weighted by Crippen LogP contribution is -2.35. The molecular formula is C21H23N7O. The molecule has 1 fully saturated rings. The molecule has 148 valence electrons. The van der Waals surface area contributed by atoms with Gasteiger partial charge in [0.25, 0.3) is 5.91 Å². The number of hydrogen-bond donors (Lipinski definition) is 4. The second-order valence-corrected chi connectivity index (χ2v) is 7.76. The second-order valence-electron chi connectivity index (χ2n) is 7.76. The van der Waals surface area contributed by atoms with E-state index in [9.17, 15) is 10.1 Å². The molecule has 2 aliphatic rings. The van der Waals surface area contributed by atoms with Crippen LogP contribution in [-0.2, 0) is 0 Å². The minimum Gasteiger partial charge on any atom is -0.391 e. The van der Waals surface area contributed by atoms with Crippen LogP contribution in [0.5, 0.6) is 0 Å². The van der Waals surface area contributed by atoms with E-state index in [-0.39, 0.29) is 17.5 Å². The van der Waals surface area contributed by atoms with Gasteiger partial charge in [0.1, 0.15) is 16.7 Å². The molecule has 0 saturated heterocycles. The Labute approximate surface area is 168 Å². The molecule has 8 heteroatoms. The van der Waals surface area contributed by atoms with Gasteiger partial charge in [0.2, 0.25) is 0 Å². The normalized spacial score (nSPS) is 22.3. The molecule has 29 heavy (non-hydrogen) atoms. The highest BCUT2D eigenvalue weighted by atomic mass is 16.1. The fourth-order valence-electron chi connectivity index (χ4n) is 3.59. The number of H-pyrrole nitrogens is 1. The van der Waals surface area contributed by atoms with Crippen LogP contribution < -0.4 is 10.6 Å². The van der Waals surface area contributed by atoms with Crippen LogP contribution in [0.15, 0.2) is 35.8 Å². The number of nitrogens with one attached hydrogen (secondary N) is 4. The number of carbonyl (C=O) groups excluding carboxylic acids is 1. The van der Waals surface area contributed by atoms with Gasteiger partial charge >= 0.3 is 0 Å². The molecule has 2 aromatic rings. The van der Waals surface area contributed by atoms with Gasteiger partial charge in [0.05, 0.1) is 23.5 Å². The van der Waals surface area contributed by atoms with E-state index < -0.39 is 5.54 Å². The predicted molar refractivity (Wildman–Crippen MR) is 109 cm³/mol. The van der Waals surface area contributed by atoms with Gasteiger partial charge in [-0.3, -0.25) is 10.2 Å². The highest BCUT2D eigenvalue weighted by Gasteiger charge is 2.45. The van der Waals surface area contributed by atoms with Crippen LogP contribution in [0.2, 0.25) is 0 Å². The maximum atomic E-state index is 12.7. The maximum Gasteiger partial charge on any atom is 0.256 e. The average Bonchev–Trinajstić information content (AvgIpc) is 3.37. The number of nitriles is 1. The summed E-state index contributed by atoms with van der Waals surface area (Å²) in [6, 6.07) is 2.15. The Morgan fingerprint density at radius 2 is 2.17 bits per heavy atom. The summed E-state index contributed by atoms with van der Waals surface area (Å²) in [6.45, 7) is 4.27. The van der Waals surface area contributed by atoms with E-state index in [1.807, 2.05) is 13.1 Å². The zero-order chi connectivity index (χ0) is 20.8. The van der Waals surface area contributed by atoms with Gasteiger partial charge in [0, 0.05) is 30.4 Å². The van der Waals surface area contributed by atoms with Crippen LogP contribution >= 0.6 is 0 Å².